The molecule has 3 N–H and O–H groups in total. The van der Waals surface area contributed by atoms with Gasteiger partial charge in [0, 0.05) is 18.0 Å². The molecule has 1 atom stereocenters. The Morgan fingerprint density at radius 3 is 2.44 bits per heavy atom. The van der Waals surface area contributed by atoms with Crippen LogP contribution in [-0.4, -0.2) is 18.8 Å². The Morgan fingerprint density at radius 1 is 1.17 bits per heavy atom. The Balaban J connectivity index is 0.00000162. The molecule has 0 radical (unpaired) electrons. The molecule has 0 aliphatic carbocycles. The van der Waals surface area contributed by atoms with E-state index in [1.807, 2.05) is 36.4 Å². The number of aliphatic hydroxyl groups is 1. The molecule has 98 valence electrons. The number of nitrogens with two attached hydrogens (primary N) is 1. The van der Waals surface area contributed by atoms with E-state index in [-0.39, 0.29) is 25.1 Å². The normalized spacial score (nSPS) is 11.9. The SMILES string of the molecule is COc1ccc(C(N)CCO)c2ccccc12.Cl. The maximum absolute atomic E-state index is 8.97. The molecule has 0 aromatic heterocycles. The van der Waals surface area contributed by atoms with Gasteiger partial charge in [0.05, 0.1) is 7.11 Å². The first-order chi connectivity index (χ1) is 8.27. The van der Waals surface area contributed by atoms with Gasteiger partial charge in [-0.05, 0) is 23.4 Å². The van der Waals surface area contributed by atoms with Crippen molar-refractivity contribution in [2.75, 3.05) is 13.7 Å². The average Bonchev–Trinajstić information content (AvgIpc) is 2.37. The van der Waals surface area contributed by atoms with Crippen molar-refractivity contribution in [2.24, 2.45) is 5.73 Å². The number of ether oxygens (including phenoxy) is 1. The first-order valence-corrected chi connectivity index (χ1v) is 5.70. The number of aliphatic hydroxyl groups excluding tert-OH is 1. The Morgan fingerprint density at radius 2 is 1.83 bits per heavy atom. The van der Waals surface area contributed by atoms with Crippen LogP contribution >= 0.6 is 12.4 Å². The number of rotatable bonds is 4. The van der Waals surface area contributed by atoms with Crippen LogP contribution in [0.1, 0.15) is 18.0 Å². The van der Waals surface area contributed by atoms with Crippen LogP contribution in [0.25, 0.3) is 10.8 Å². The zero-order chi connectivity index (χ0) is 12.3. The van der Waals surface area contributed by atoms with E-state index < -0.39 is 0 Å². The summed E-state index contributed by atoms with van der Waals surface area (Å²) in [5, 5.41) is 11.1. The summed E-state index contributed by atoms with van der Waals surface area (Å²) < 4.78 is 5.33. The van der Waals surface area contributed by atoms with Crippen LogP contribution in [0.4, 0.5) is 0 Å². The molecule has 2 aromatic rings. The molecule has 0 heterocycles. The van der Waals surface area contributed by atoms with E-state index in [4.69, 9.17) is 15.6 Å². The summed E-state index contributed by atoms with van der Waals surface area (Å²) in [6, 6.07) is 11.8. The van der Waals surface area contributed by atoms with Crippen molar-refractivity contribution in [3.8, 4) is 5.75 Å². The van der Waals surface area contributed by atoms with Crippen molar-refractivity contribution in [1.29, 1.82) is 0 Å². The Hall–Kier alpha value is -1.29. The fourth-order valence-corrected chi connectivity index (χ4v) is 2.09. The maximum Gasteiger partial charge on any atom is 0.126 e. The highest BCUT2D eigenvalue weighted by molar-refractivity contribution is 5.91. The summed E-state index contributed by atoms with van der Waals surface area (Å²) >= 11 is 0. The molecule has 0 amide bonds. The summed E-state index contributed by atoms with van der Waals surface area (Å²) in [5.74, 6) is 0.848. The second-order valence-electron chi connectivity index (χ2n) is 4.02. The van der Waals surface area contributed by atoms with E-state index in [0.29, 0.717) is 6.42 Å². The van der Waals surface area contributed by atoms with Crippen molar-refractivity contribution in [1.82, 2.24) is 0 Å². The molecule has 4 heteroatoms. The summed E-state index contributed by atoms with van der Waals surface area (Å²) in [7, 11) is 1.66. The van der Waals surface area contributed by atoms with Crippen molar-refractivity contribution in [3.63, 3.8) is 0 Å². The number of hydrogen-bond donors (Lipinski definition) is 2. The molecule has 0 saturated heterocycles. The van der Waals surface area contributed by atoms with Gasteiger partial charge >= 0.3 is 0 Å². The van der Waals surface area contributed by atoms with Crippen molar-refractivity contribution in [2.45, 2.75) is 12.5 Å². The second-order valence-corrected chi connectivity index (χ2v) is 4.02. The van der Waals surface area contributed by atoms with Gasteiger partial charge < -0.3 is 15.6 Å². The molecular weight excluding hydrogens is 250 g/mol. The highest BCUT2D eigenvalue weighted by atomic mass is 35.5. The minimum absolute atomic E-state index is 0. The lowest BCUT2D eigenvalue weighted by Gasteiger charge is -2.15. The number of benzene rings is 2. The first kappa shape index (κ1) is 14.8. The largest absolute Gasteiger partial charge is 0.496 e. The lowest BCUT2D eigenvalue weighted by atomic mass is 9.97. The zero-order valence-electron chi connectivity index (χ0n) is 10.3. The van der Waals surface area contributed by atoms with E-state index >= 15 is 0 Å². The number of methoxy groups -OCH3 is 1. The van der Waals surface area contributed by atoms with Gasteiger partial charge in [-0.15, -0.1) is 12.4 Å². The van der Waals surface area contributed by atoms with Crippen molar-refractivity contribution >= 4 is 23.2 Å². The molecule has 1 unspecified atom stereocenters. The average molecular weight is 268 g/mol. The topological polar surface area (TPSA) is 55.5 Å². The molecule has 0 bridgehead atoms. The van der Waals surface area contributed by atoms with Gasteiger partial charge in [-0.1, -0.05) is 30.3 Å². The minimum Gasteiger partial charge on any atom is -0.496 e. The van der Waals surface area contributed by atoms with E-state index in [1.165, 1.54) is 0 Å². The molecular formula is C14H18ClNO2. The molecule has 2 aromatic carbocycles. The zero-order valence-corrected chi connectivity index (χ0v) is 11.1. The van der Waals surface area contributed by atoms with E-state index in [0.717, 1.165) is 22.1 Å². The highest BCUT2D eigenvalue weighted by Crippen LogP contribution is 2.31. The summed E-state index contributed by atoms with van der Waals surface area (Å²) in [5.41, 5.74) is 7.11. The molecule has 2 rings (SSSR count). The fraction of sp³-hybridized carbons (Fsp3) is 0.286. The van der Waals surface area contributed by atoms with Crippen LogP contribution in [-0.2, 0) is 0 Å². The quantitative estimate of drug-likeness (QED) is 0.895. The number of halogens is 1. The first-order valence-electron chi connectivity index (χ1n) is 5.70. The van der Waals surface area contributed by atoms with Crippen molar-refractivity contribution < 1.29 is 9.84 Å². The van der Waals surface area contributed by atoms with E-state index in [1.54, 1.807) is 7.11 Å². The van der Waals surface area contributed by atoms with Crippen LogP contribution in [0.15, 0.2) is 36.4 Å². The Kier molecular flexibility index (Phi) is 5.41. The van der Waals surface area contributed by atoms with Gasteiger partial charge in [0.25, 0.3) is 0 Å². The molecule has 3 nitrogen and oxygen atoms in total. The van der Waals surface area contributed by atoms with Crippen LogP contribution in [0, 0.1) is 0 Å². The predicted octanol–water partition coefficient (Wildman–Crippen LogP) is 2.65. The predicted molar refractivity (Wildman–Crippen MR) is 76.4 cm³/mol. The van der Waals surface area contributed by atoms with E-state index in [2.05, 4.69) is 0 Å². The molecule has 18 heavy (non-hydrogen) atoms. The molecule has 0 aliphatic rings. The Labute approximate surface area is 113 Å². The number of fused-ring (bicyclic) bond motifs is 1. The maximum atomic E-state index is 8.97. The standard InChI is InChI=1S/C14H17NO2.ClH/c1-17-14-7-6-11(13(15)8-9-16)10-4-2-3-5-12(10)14;/h2-7,13,16H,8-9,15H2,1H3;1H. The van der Waals surface area contributed by atoms with Crippen LogP contribution in [0.3, 0.4) is 0 Å². The lowest BCUT2D eigenvalue weighted by molar-refractivity contribution is 0.277. The molecule has 0 aliphatic heterocycles. The monoisotopic (exact) mass is 267 g/mol. The van der Waals surface area contributed by atoms with Crippen LogP contribution < -0.4 is 10.5 Å². The van der Waals surface area contributed by atoms with E-state index in [9.17, 15) is 0 Å². The molecule has 0 saturated carbocycles. The van der Waals surface area contributed by atoms with Crippen LogP contribution in [0.2, 0.25) is 0 Å². The number of hydrogen-bond acceptors (Lipinski definition) is 3. The van der Waals surface area contributed by atoms with Gasteiger partial charge in [0.2, 0.25) is 0 Å². The van der Waals surface area contributed by atoms with Crippen molar-refractivity contribution in [3.05, 3.63) is 42.0 Å². The third-order valence-corrected chi connectivity index (χ3v) is 2.98. The minimum atomic E-state index is -0.143. The summed E-state index contributed by atoms with van der Waals surface area (Å²) in [6.07, 6.45) is 0.566. The molecule has 0 spiro atoms. The second kappa shape index (κ2) is 6.59. The van der Waals surface area contributed by atoms with Crippen LogP contribution in [0.5, 0.6) is 5.75 Å². The third-order valence-electron chi connectivity index (χ3n) is 2.98. The van der Waals surface area contributed by atoms with Gasteiger partial charge in [0.15, 0.2) is 0 Å². The van der Waals surface area contributed by atoms with Gasteiger partial charge in [-0.25, -0.2) is 0 Å². The lowest BCUT2D eigenvalue weighted by Crippen LogP contribution is -2.12. The molecule has 0 fully saturated rings. The Bertz CT molecular complexity index is 516. The third kappa shape index (κ3) is 2.75. The van der Waals surface area contributed by atoms with Gasteiger partial charge in [-0.3, -0.25) is 0 Å². The summed E-state index contributed by atoms with van der Waals surface area (Å²) in [4.78, 5) is 0. The summed E-state index contributed by atoms with van der Waals surface area (Å²) in [6.45, 7) is 0.0987. The van der Waals surface area contributed by atoms with Gasteiger partial charge in [0.1, 0.15) is 5.75 Å². The fourth-order valence-electron chi connectivity index (χ4n) is 2.09. The smallest absolute Gasteiger partial charge is 0.126 e. The highest BCUT2D eigenvalue weighted by Gasteiger charge is 2.11. The van der Waals surface area contributed by atoms with Gasteiger partial charge in [-0.2, -0.15) is 0 Å².